The molecule has 3 aliphatic heterocycles. The highest BCUT2D eigenvalue weighted by Crippen LogP contribution is 2.74. The number of aliphatic hydroxyl groups is 3. The summed E-state index contributed by atoms with van der Waals surface area (Å²) < 4.78 is 19.5. The predicted molar refractivity (Wildman–Crippen MR) is 135 cm³/mol. The van der Waals surface area contributed by atoms with E-state index in [0.717, 1.165) is 30.5 Å². The van der Waals surface area contributed by atoms with Gasteiger partial charge in [-0.25, -0.2) is 0 Å². The number of hydrogen-bond acceptors (Lipinski definition) is 8. The van der Waals surface area contributed by atoms with Crippen molar-refractivity contribution < 1.29 is 34.3 Å². The zero-order valence-corrected chi connectivity index (χ0v) is 22.7. The van der Waals surface area contributed by atoms with Gasteiger partial charge in [-0.3, -0.25) is 4.79 Å². The van der Waals surface area contributed by atoms with Gasteiger partial charge in [0.25, 0.3) is 0 Å². The molecule has 3 N–H and O–H groups in total. The summed E-state index contributed by atoms with van der Waals surface area (Å²) in [5.74, 6) is -1.40. The Balaban J connectivity index is 1.44. The third-order valence-electron chi connectivity index (χ3n) is 11.1. The van der Waals surface area contributed by atoms with Gasteiger partial charge in [0.15, 0.2) is 5.79 Å². The van der Waals surface area contributed by atoms with Gasteiger partial charge in [0, 0.05) is 36.8 Å². The second-order valence-corrected chi connectivity index (χ2v) is 12.9. The van der Waals surface area contributed by atoms with Crippen LogP contribution >= 0.6 is 0 Å². The Morgan fingerprint density at radius 1 is 1.30 bits per heavy atom. The summed E-state index contributed by atoms with van der Waals surface area (Å²) in [6.45, 7) is 7.94. The lowest BCUT2D eigenvalue weighted by Crippen LogP contribution is -2.79. The van der Waals surface area contributed by atoms with Crippen LogP contribution < -0.4 is 0 Å². The van der Waals surface area contributed by atoms with E-state index in [0.29, 0.717) is 45.3 Å². The molecule has 1 spiro atoms. The summed E-state index contributed by atoms with van der Waals surface area (Å²) in [7, 11) is 2.07. The number of hydrogen-bond donors (Lipinski definition) is 3. The van der Waals surface area contributed by atoms with Crippen LogP contribution in [0, 0.1) is 16.7 Å². The monoisotopic (exact) mass is 517 g/mol. The SMILES string of the molecule is CCC(O)CC(=O)O[C@H](C)C1=CC[C@@]23OCCN(C)C[C@@]12C[C@@H](O)[C@]12O[C@]4(O)CC[C@@]1(C)[C@H](CC=C32)C4. The van der Waals surface area contributed by atoms with E-state index >= 15 is 0 Å². The molecule has 0 amide bonds. The fourth-order valence-electron chi connectivity index (χ4n) is 9.26. The highest BCUT2D eigenvalue weighted by Gasteiger charge is 2.79. The smallest absolute Gasteiger partial charge is 0.309 e. The molecule has 8 nitrogen and oxygen atoms in total. The second kappa shape index (κ2) is 8.35. The molecular weight excluding hydrogens is 474 g/mol. The summed E-state index contributed by atoms with van der Waals surface area (Å²) in [5.41, 5.74) is -0.677. The lowest BCUT2D eigenvalue weighted by atomic mass is 9.41. The van der Waals surface area contributed by atoms with E-state index in [-0.39, 0.29) is 17.8 Å². The van der Waals surface area contributed by atoms with Crippen LogP contribution in [0.5, 0.6) is 0 Å². The van der Waals surface area contributed by atoms with E-state index in [1.807, 2.05) is 13.8 Å². The standard InChI is InChI=1S/C29H43NO7/c1-5-20(31)14-24(33)36-18(2)21-8-9-28-22-7-6-19-15-27(34)11-10-25(19,3)29(22,37-27)23(32)16-26(21,28)17-30(4)12-13-35-28/h7-8,18-20,23,31-32,34H,5-6,9-17H2,1-4H3/t18-,19-,20?,23-,25+,26+,27-,28+,29+/m1/s1. The van der Waals surface area contributed by atoms with Gasteiger partial charge in [0.05, 0.1) is 25.2 Å². The first-order valence-corrected chi connectivity index (χ1v) is 14.2. The maximum absolute atomic E-state index is 12.7. The second-order valence-electron chi connectivity index (χ2n) is 12.9. The number of esters is 1. The van der Waals surface area contributed by atoms with Gasteiger partial charge in [0.1, 0.15) is 17.3 Å². The number of fused-ring (bicyclic) bond motifs is 1. The third-order valence-corrected chi connectivity index (χ3v) is 11.1. The summed E-state index contributed by atoms with van der Waals surface area (Å²) in [5, 5.41) is 33.6. The summed E-state index contributed by atoms with van der Waals surface area (Å²) >= 11 is 0. The van der Waals surface area contributed by atoms with Crippen molar-refractivity contribution in [1.82, 2.24) is 4.90 Å². The zero-order valence-electron chi connectivity index (χ0n) is 22.7. The van der Waals surface area contributed by atoms with E-state index in [2.05, 4.69) is 31.0 Å². The minimum Gasteiger partial charge on any atom is -0.458 e. The van der Waals surface area contributed by atoms with Crippen LogP contribution in [0.2, 0.25) is 0 Å². The molecular formula is C29H43NO7. The minimum atomic E-state index is -1.22. The van der Waals surface area contributed by atoms with Crippen LogP contribution in [-0.4, -0.2) is 88.2 Å². The van der Waals surface area contributed by atoms with Crippen molar-refractivity contribution in [2.75, 3.05) is 26.7 Å². The number of aliphatic hydroxyl groups excluding tert-OH is 2. The molecule has 9 atom stereocenters. The quantitative estimate of drug-likeness (QED) is 0.377. The first-order valence-electron chi connectivity index (χ1n) is 14.2. The number of carbonyl (C=O) groups is 1. The van der Waals surface area contributed by atoms with Crippen LogP contribution in [-0.2, 0) is 19.0 Å². The van der Waals surface area contributed by atoms with E-state index < -0.39 is 46.7 Å². The number of likely N-dealkylation sites (N-methyl/N-ethyl adjacent to an activating group) is 1. The van der Waals surface area contributed by atoms with Crippen LogP contribution in [0.3, 0.4) is 0 Å². The maximum atomic E-state index is 12.7. The number of allylic oxidation sites excluding steroid dienone is 1. The molecule has 0 aromatic heterocycles. The van der Waals surface area contributed by atoms with E-state index in [4.69, 9.17) is 14.2 Å². The van der Waals surface area contributed by atoms with E-state index in [1.54, 1.807) is 0 Å². The largest absolute Gasteiger partial charge is 0.458 e. The lowest BCUT2D eigenvalue weighted by molar-refractivity contribution is -0.401. The Bertz CT molecular complexity index is 1040. The summed E-state index contributed by atoms with van der Waals surface area (Å²) in [6.07, 6.45) is 6.63. The molecule has 2 saturated carbocycles. The van der Waals surface area contributed by atoms with Gasteiger partial charge in [0.2, 0.25) is 0 Å². The molecule has 1 unspecified atom stereocenters. The normalized spacial score (nSPS) is 48.1. The van der Waals surface area contributed by atoms with Crippen molar-refractivity contribution >= 4 is 5.97 Å². The van der Waals surface area contributed by atoms with Gasteiger partial charge in [-0.05, 0) is 63.1 Å². The summed E-state index contributed by atoms with van der Waals surface area (Å²) in [4.78, 5) is 14.9. The van der Waals surface area contributed by atoms with Crippen molar-refractivity contribution in [3.05, 3.63) is 23.3 Å². The number of nitrogens with zero attached hydrogens (tertiary/aromatic N) is 1. The molecule has 0 radical (unpaired) electrons. The van der Waals surface area contributed by atoms with Crippen molar-refractivity contribution in [2.45, 2.75) is 107 Å². The van der Waals surface area contributed by atoms with Crippen molar-refractivity contribution in [3.63, 3.8) is 0 Å². The molecule has 8 heteroatoms. The number of carbonyl (C=O) groups excluding carboxylic acids is 1. The molecule has 4 bridgehead atoms. The summed E-state index contributed by atoms with van der Waals surface area (Å²) in [6, 6.07) is 0. The first kappa shape index (κ1) is 26.0. The molecule has 5 fully saturated rings. The van der Waals surface area contributed by atoms with Crippen LogP contribution in [0.15, 0.2) is 23.3 Å². The predicted octanol–water partition coefficient (Wildman–Crippen LogP) is 2.46. The Labute approximate surface area is 219 Å². The van der Waals surface area contributed by atoms with Crippen molar-refractivity contribution in [1.29, 1.82) is 0 Å². The molecule has 3 heterocycles. The van der Waals surface area contributed by atoms with E-state index in [1.165, 1.54) is 0 Å². The Morgan fingerprint density at radius 3 is 2.84 bits per heavy atom. The van der Waals surface area contributed by atoms with Gasteiger partial charge < -0.3 is 34.4 Å². The van der Waals surface area contributed by atoms with Crippen LogP contribution in [0.25, 0.3) is 0 Å². The highest BCUT2D eigenvalue weighted by molar-refractivity contribution is 5.70. The molecule has 7 rings (SSSR count). The molecule has 206 valence electrons. The molecule has 4 aliphatic carbocycles. The average Bonchev–Trinajstić information content (AvgIpc) is 3.05. The molecule has 37 heavy (non-hydrogen) atoms. The number of ether oxygens (including phenoxy) is 3. The average molecular weight is 518 g/mol. The Morgan fingerprint density at radius 2 is 2.08 bits per heavy atom. The van der Waals surface area contributed by atoms with Gasteiger partial charge in [-0.15, -0.1) is 0 Å². The minimum absolute atomic E-state index is 0.0360. The van der Waals surface area contributed by atoms with Crippen molar-refractivity contribution in [2.24, 2.45) is 16.7 Å². The Kier molecular flexibility index (Phi) is 5.86. The highest BCUT2D eigenvalue weighted by atomic mass is 16.7. The maximum Gasteiger partial charge on any atom is 0.309 e. The lowest BCUT2D eigenvalue weighted by Gasteiger charge is -2.73. The van der Waals surface area contributed by atoms with Gasteiger partial charge in [-0.2, -0.15) is 0 Å². The topological polar surface area (TPSA) is 109 Å². The number of rotatable bonds is 5. The molecule has 7 aliphatic rings. The zero-order chi connectivity index (χ0) is 26.4. The third kappa shape index (κ3) is 3.26. The fraction of sp³-hybridized carbons (Fsp3) is 0.828. The van der Waals surface area contributed by atoms with Crippen LogP contribution in [0.1, 0.15) is 72.1 Å². The first-order chi connectivity index (χ1) is 17.5. The van der Waals surface area contributed by atoms with Crippen molar-refractivity contribution in [3.8, 4) is 0 Å². The molecule has 3 saturated heterocycles. The van der Waals surface area contributed by atoms with Crippen LogP contribution in [0.4, 0.5) is 0 Å². The fourth-order valence-corrected chi connectivity index (χ4v) is 9.26. The Hall–Kier alpha value is -1.29. The molecule has 0 aromatic rings. The van der Waals surface area contributed by atoms with Gasteiger partial charge >= 0.3 is 5.97 Å². The molecule has 0 aromatic carbocycles. The van der Waals surface area contributed by atoms with E-state index in [9.17, 15) is 20.1 Å². The van der Waals surface area contributed by atoms with Gasteiger partial charge in [-0.1, -0.05) is 26.0 Å².